The highest BCUT2D eigenvalue weighted by atomic mass is 35.5. The van der Waals surface area contributed by atoms with Crippen molar-refractivity contribution in [2.75, 3.05) is 5.32 Å². The third-order valence-electron chi connectivity index (χ3n) is 3.84. The summed E-state index contributed by atoms with van der Waals surface area (Å²) in [6.07, 6.45) is 4.08. The number of hydrogen-bond acceptors (Lipinski definition) is 5. The van der Waals surface area contributed by atoms with Crippen LogP contribution in [-0.2, 0) is 6.42 Å². The van der Waals surface area contributed by atoms with Crippen LogP contribution in [0.15, 0.2) is 47.0 Å². The van der Waals surface area contributed by atoms with Gasteiger partial charge in [0.15, 0.2) is 10.8 Å². The van der Waals surface area contributed by atoms with E-state index in [-0.39, 0.29) is 5.91 Å². The van der Waals surface area contributed by atoms with E-state index in [0.717, 1.165) is 28.2 Å². The van der Waals surface area contributed by atoms with Crippen LogP contribution in [0.1, 0.15) is 26.5 Å². The number of anilines is 1. The molecule has 7 heteroatoms. The topological polar surface area (TPSA) is 67.2 Å². The van der Waals surface area contributed by atoms with E-state index in [4.69, 9.17) is 11.6 Å². The van der Waals surface area contributed by atoms with E-state index >= 15 is 0 Å². The third kappa shape index (κ3) is 3.18. The van der Waals surface area contributed by atoms with Crippen LogP contribution >= 0.6 is 22.9 Å². The average Bonchev–Trinajstić information content (AvgIpc) is 3.25. The number of pyridine rings is 1. The van der Waals surface area contributed by atoms with Crippen LogP contribution < -0.4 is 5.32 Å². The van der Waals surface area contributed by atoms with Crippen LogP contribution in [0.5, 0.6) is 0 Å². The van der Waals surface area contributed by atoms with Gasteiger partial charge in [0, 0.05) is 46.0 Å². The van der Waals surface area contributed by atoms with Crippen molar-refractivity contribution in [3.8, 4) is 0 Å². The number of nitrogens with zero attached hydrogens (tertiary/aromatic N) is 3. The molecule has 0 aliphatic carbocycles. The van der Waals surface area contributed by atoms with Crippen molar-refractivity contribution in [3.05, 3.63) is 68.8 Å². The van der Waals surface area contributed by atoms with Gasteiger partial charge in [-0.15, -0.1) is 11.3 Å². The maximum Gasteiger partial charge on any atom is 0.284 e. The van der Waals surface area contributed by atoms with Crippen molar-refractivity contribution in [2.45, 2.75) is 13.3 Å². The number of halogens is 1. The SMILES string of the molecule is Cc1cnc2c(c1)CC(c1cc(NC(=O)c3nccs3)ccc1Cl)=N2. The second-order valence-corrected chi connectivity index (χ2v) is 7.02. The minimum absolute atomic E-state index is 0.239. The van der Waals surface area contributed by atoms with Gasteiger partial charge in [-0.2, -0.15) is 0 Å². The molecule has 0 saturated carbocycles. The first-order valence-electron chi connectivity index (χ1n) is 7.64. The summed E-state index contributed by atoms with van der Waals surface area (Å²) in [6.45, 7) is 2.01. The van der Waals surface area contributed by atoms with Crippen molar-refractivity contribution >= 4 is 46.1 Å². The highest BCUT2D eigenvalue weighted by Gasteiger charge is 2.20. The molecule has 2 aromatic heterocycles. The minimum atomic E-state index is -0.239. The molecule has 0 unspecified atom stereocenters. The number of aryl methyl sites for hydroxylation is 1. The molecule has 0 spiro atoms. The second-order valence-electron chi connectivity index (χ2n) is 5.72. The Morgan fingerprint density at radius 3 is 2.96 bits per heavy atom. The summed E-state index contributed by atoms with van der Waals surface area (Å²) < 4.78 is 0. The van der Waals surface area contributed by atoms with Gasteiger partial charge in [0.1, 0.15) is 0 Å². The summed E-state index contributed by atoms with van der Waals surface area (Å²) in [5.74, 6) is 0.492. The first kappa shape index (κ1) is 15.9. The Hall–Kier alpha value is -2.57. The molecule has 1 aliphatic heterocycles. The Bertz CT molecular complexity index is 998. The monoisotopic (exact) mass is 368 g/mol. The molecule has 124 valence electrons. The van der Waals surface area contributed by atoms with Gasteiger partial charge in [-0.3, -0.25) is 4.79 Å². The Morgan fingerprint density at radius 1 is 1.28 bits per heavy atom. The van der Waals surface area contributed by atoms with E-state index in [1.54, 1.807) is 29.9 Å². The number of thiazole rings is 1. The standard InChI is InChI=1S/C18H13ClN4OS/c1-10-6-11-7-15(23-16(11)21-9-10)13-8-12(2-3-14(13)19)22-17(24)18-20-4-5-25-18/h2-6,8-9H,7H2,1H3,(H,22,24). The van der Waals surface area contributed by atoms with Gasteiger partial charge in [0.2, 0.25) is 0 Å². The Kier molecular flexibility index (Phi) is 4.07. The van der Waals surface area contributed by atoms with E-state index in [1.807, 2.05) is 13.0 Å². The molecule has 0 radical (unpaired) electrons. The minimum Gasteiger partial charge on any atom is -0.320 e. The molecule has 3 heterocycles. The Labute approximate surface area is 153 Å². The van der Waals surface area contributed by atoms with Gasteiger partial charge in [-0.25, -0.2) is 15.0 Å². The maximum atomic E-state index is 12.2. The number of carbonyl (C=O) groups excluding carboxylic acids is 1. The summed E-state index contributed by atoms with van der Waals surface area (Å²) in [4.78, 5) is 25.1. The van der Waals surface area contributed by atoms with E-state index in [2.05, 4.69) is 26.3 Å². The van der Waals surface area contributed by atoms with E-state index in [0.29, 0.717) is 22.1 Å². The number of amides is 1. The first-order chi connectivity index (χ1) is 12.1. The van der Waals surface area contributed by atoms with Gasteiger partial charge in [0.25, 0.3) is 5.91 Å². The summed E-state index contributed by atoms with van der Waals surface area (Å²) in [5.41, 5.74) is 4.49. The van der Waals surface area contributed by atoms with E-state index in [1.165, 1.54) is 11.3 Å². The van der Waals surface area contributed by atoms with Crippen LogP contribution in [0, 0.1) is 6.92 Å². The third-order valence-corrected chi connectivity index (χ3v) is 4.94. The van der Waals surface area contributed by atoms with Gasteiger partial charge in [-0.1, -0.05) is 17.7 Å². The lowest BCUT2D eigenvalue weighted by Crippen LogP contribution is -2.12. The van der Waals surface area contributed by atoms with Crippen LogP contribution in [-0.4, -0.2) is 21.6 Å². The number of benzene rings is 1. The lowest BCUT2D eigenvalue weighted by Gasteiger charge is -2.08. The summed E-state index contributed by atoms with van der Waals surface area (Å²) in [6, 6.07) is 7.45. The normalized spacial score (nSPS) is 12.6. The molecular weight excluding hydrogens is 356 g/mol. The largest absolute Gasteiger partial charge is 0.320 e. The van der Waals surface area contributed by atoms with E-state index < -0.39 is 0 Å². The predicted molar refractivity (Wildman–Crippen MR) is 100 cm³/mol. The summed E-state index contributed by atoms with van der Waals surface area (Å²) >= 11 is 7.66. The molecule has 0 saturated heterocycles. The zero-order chi connectivity index (χ0) is 17.4. The smallest absolute Gasteiger partial charge is 0.284 e. The van der Waals surface area contributed by atoms with Crippen LogP contribution in [0.3, 0.4) is 0 Å². The highest BCUT2D eigenvalue weighted by Crippen LogP contribution is 2.31. The molecule has 1 N–H and O–H groups in total. The fraction of sp³-hybridized carbons (Fsp3) is 0.111. The predicted octanol–water partition coefficient (Wildman–Crippen LogP) is 4.43. The maximum absolute atomic E-state index is 12.2. The van der Waals surface area contributed by atoms with Crippen LogP contribution in [0.2, 0.25) is 5.02 Å². The zero-order valence-corrected chi connectivity index (χ0v) is 14.9. The molecule has 1 amide bonds. The zero-order valence-electron chi connectivity index (χ0n) is 13.3. The average molecular weight is 369 g/mol. The van der Waals surface area contributed by atoms with Crippen molar-refractivity contribution in [3.63, 3.8) is 0 Å². The molecule has 3 aromatic rings. The van der Waals surface area contributed by atoms with Gasteiger partial charge >= 0.3 is 0 Å². The van der Waals surface area contributed by atoms with Crippen molar-refractivity contribution in [1.29, 1.82) is 0 Å². The molecular formula is C18H13ClN4OS. The number of rotatable bonds is 3. The molecule has 0 atom stereocenters. The highest BCUT2D eigenvalue weighted by molar-refractivity contribution is 7.11. The number of carbonyl (C=O) groups is 1. The number of fused-ring (bicyclic) bond motifs is 1. The van der Waals surface area contributed by atoms with Crippen molar-refractivity contribution in [2.24, 2.45) is 4.99 Å². The fourth-order valence-corrected chi connectivity index (χ4v) is 3.46. The molecule has 25 heavy (non-hydrogen) atoms. The number of aromatic nitrogens is 2. The quantitative estimate of drug-likeness (QED) is 0.743. The lowest BCUT2D eigenvalue weighted by atomic mass is 10.0. The van der Waals surface area contributed by atoms with Crippen molar-refractivity contribution < 1.29 is 4.79 Å². The van der Waals surface area contributed by atoms with Gasteiger partial charge < -0.3 is 5.32 Å². The van der Waals surface area contributed by atoms with E-state index in [9.17, 15) is 4.79 Å². The first-order valence-corrected chi connectivity index (χ1v) is 8.90. The van der Waals surface area contributed by atoms with Crippen LogP contribution in [0.4, 0.5) is 11.5 Å². The molecule has 1 aliphatic rings. The number of hydrogen-bond donors (Lipinski definition) is 1. The Morgan fingerprint density at radius 2 is 2.16 bits per heavy atom. The van der Waals surface area contributed by atoms with Gasteiger partial charge in [0.05, 0.1) is 5.71 Å². The second kappa shape index (κ2) is 6.38. The van der Waals surface area contributed by atoms with Crippen molar-refractivity contribution in [1.82, 2.24) is 9.97 Å². The Balaban J connectivity index is 1.62. The number of aliphatic imine (C=N–C) groups is 1. The molecule has 0 bridgehead atoms. The van der Waals surface area contributed by atoms with Crippen LogP contribution in [0.25, 0.3) is 0 Å². The number of nitrogens with one attached hydrogen (secondary N) is 1. The fourth-order valence-electron chi connectivity index (χ4n) is 2.70. The molecule has 5 nitrogen and oxygen atoms in total. The van der Waals surface area contributed by atoms with Gasteiger partial charge in [-0.05, 0) is 30.7 Å². The summed E-state index contributed by atoms with van der Waals surface area (Å²) in [7, 11) is 0. The molecule has 1 aromatic carbocycles. The lowest BCUT2D eigenvalue weighted by molar-refractivity contribution is 0.102. The molecule has 0 fully saturated rings. The summed E-state index contributed by atoms with van der Waals surface area (Å²) in [5, 5.41) is 5.62. The molecule has 4 rings (SSSR count).